The zero-order valence-electron chi connectivity index (χ0n) is 8.86. The van der Waals surface area contributed by atoms with Gasteiger partial charge in [0.05, 0.1) is 17.8 Å². The minimum Gasteiger partial charge on any atom is -0.497 e. The van der Waals surface area contributed by atoms with Gasteiger partial charge in [-0.1, -0.05) is 0 Å². The van der Waals surface area contributed by atoms with Crippen molar-refractivity contribution in [1.82, 2.24) is 5.32 Å². The Morgan fingerprint density at radius 1 is 1.27 bits per heavy atom. The third kappa shape index (κ3) is 3.21. The number of rotatable bonds is 5. The van der Waals surface area contributed by atoms with Crippen molar-refractivity contribution >= 4 is 9.84 Å². The van der Waals surface area contributed by atoms with E-state index < -0.39 is 9.84 Å². The lowest BCUT2D eigenvalue weighted by Gasteiger charge is -2.05. The molecule has 0 spiro atoms. The Morgan fingerprint density at radius 2 is 1.87 bits per heavy atom. The van der Waals surface area contributed by atoms with Crippen LogP contribution in [0.25, 0.3) is 0 Å². The van der Waals surface area contributed by atoms with E-state index >= 15 is 0 Å². The van der Waals surface area contributed by atoms with Gasteiger partial charge in [0.2, 0.25) is 0 Å². The highest BCUT2D eigenvalue weighted by Crippen LogP contribution is 2.16. The Hall–Kier alpha value is -1.07. The zero-order chi connectivity index (χ0) is 11.3. The Balaban J connectivity index is 2.86. The minimum absolute atomic E-state index is 0.107. The standard InChI is InChI=1S/C10H15NO3S/c1-11-7-8-15(12,13)10-5-3-9(14-2)4-6-10/h3-6,11H,7-8H2,1-2H3. The molecule has 1 rings (SSSR count). The number of hydrogen-bond acceptors (Lipinski definition) is 4. The van der Waals surface area contributed by atoms with Crippen molar-refractivity contribution in [2.45, 2.75) is 4.90 Å². The van der Waals surface area contributed by atoms with Crippen LogP contribution in [-0.4, -0.2) is 34.9 Å². The van der Waals surface area contributed by atoms with Crippen molar-refractivity contribution in [3.63, 3.8) is 0 Å². The van der Waals surface area contributed by atoms with Gasteiger partial charge in [-0.15, -0.1) is 0 Å². The van der Waals surface area contributed by atoms with E-state index in [0.29, 0.717) is 17.2 Å². The van der Waals surface area contributed by atoms with Crippen LogP contribution in [0, 0.1) is 0 Å². The van der Waals surface area contributed by atoms with Gasteiger partial charge in [-0.05, 0) is 31.3 Å². The molecule has 0 amide bonds. The second-order valence-electron chi connectivity index (χ2n) is 3.10. The summed E-state index contributed by atoms with van der Waals surface area (Å²) >= 11 is 0. The summed E-state index contributed by atoms with van der Waals surface area (Å²) in [6.07, 6.45) is 0. The highest BCUT2D eigenvalue weighted by atomic mass is 32.2. The average molecular weight is 229 g/mol. The smallest absolute Gasteiger partial charge is 0.179 e. The fourth-order valence-electron chi connectivity index (χ4n) is 1.14. The van der Waals surface area contributed by atoms with E-state index in [9.17, 15) is 8.42 Å². The Morgan fingerprint density at radius 3 is 2.33 bits per heavy atom. The molecular formula is C10H15NO3S. The first-order chi connectivity index (χ1) is 7.10. The molecule has 0 heterocycles. The van der Waals surface area contributed by atoms with Crippen molar-refractivity contribution < 1.29 is 13.2 Å². The van der Waals surface area contributed by atoms with Crippen LogP contribution in [0.15, 0.2) is 29.2 Å². The van der Waals surface area contributed by atoms with E-state index in [1.807, 2.05) is 0 Å². The monoisotopic (exact) mass is 229 g/mol. The molecule has 0 unspecified atom stereocenters. The first-order valence-electron chi connectivity index (χ1n) is 4.61. The van der Waals surface area contributed by atoms with E-state index in [1.54, 1.807) is 38.4 Å². The first-order valence-corrected chi connectivity index (χ1v) is 6.27. The predicted octanol–water partition coefficient (Wildman–Crippen LogP) is 0.688. The van der Waals surface area contributed by atoms with Gasteiger partial charge in [-0.2, -0.15) is 0 Å². The molecule has 0 fully saturated rings. The molecule has 0 aromatic heterocycles. The number of sulfone groups is 1. The molecule has 5 heteroatoms. The Labute approximate surface area is 90.2 Å². The van der Waals surface area contributed by atoms with Gasteiger partial charge in [0, 0.05) is 6.54 Å². The van der Waals surface area contributed by atoms with Gasteiger partial charge >= 0.3 is 0 Å². The third-order valence-electron chi connectivity index (χ3n) is 2.04. The van der Waals surface area contributed by atoms with Crippen molar-refractivity contribution in [3.8, 4) is 5.75 Å². The topological polar surface area (TPSA) is 55.4 Å². The molecule has 0 atom stereocenters. The zero-order valence-corrected chi connectivity index (χ0v) is 9.67. The van der Waals surface area contributed by atoms with Crippen LogP contribution in [0.1, 0.15) is 0 Å². The van der Waals surface area contributed by atoms with Gasteiger partial charge < -0.3 is 10.1 Å². The second kappa shape index (κ2) is 5.14. The summed E-state index contributed by atoms with van der Waals surface area (Å²) < 4.78 is 28.4. The summed E-state index contributed by atoms with van der Waals surface area (Å²) in [6.45, 7) is 0.453. The Bertz CT molecular complexity index is 397. The lowest BCUT2D eigenvalue weighted by molar-refractivity contribution is 0.414. The molecule has 15 heavy (non-hydrogen) atoms. The Kier molecular flexibility index (Phi) is 4.11. The largest absolute Gasteiger partial charge is 0.497 e. The molecule has 0 saturated heterocycles. The summed E-state index contributed by atoms with van der Waals surface area (Å²) in [4.78, 5) is 0.332. The van der Waals surface area contributed by atoms with Crippen LogP contribution in [0.2, 0.25) is 0 Å². The molecule has 84 valence electrons. The molecule has 0 radical (unpaired) electrons. The molecule has 0 aliphatic carbocycles. The van der Waals surface area contributed by atoms with Gasteiger partial charge in [0.15, 0.2) is 9.84 Å². The van der Waals surface area contributed by atoms with E-state index in [2.05, 4.69) is 5.32 Å². The number of nitrogens with one attached hydrogen (secondary N) is 1. The maximum absolute atomic E-state index is 11.7. The van der Waals surface area contributed by atoms with Crippen LogP contribution in [-0.2, 0) is 9.84 Å². The van der Waals surface area contributed by atoms with Gasteiger partial charge in [-0.25, -0.2) is 8.42 Å². The molecule has 4 nitrogen and oxygen atoms in total. The van der Waals surface area contributed by atoms with Crippen molar-refractivity contribution in [2.24, 2.45) is 0 Å². The van der Waals surface area contributed by atoms with E-state index in [1.165, 1.54) is 0 Å². The molecule has 0 aliphatic rings. The normalized spacial score (nSPS) is 11.3. The van der Waals surface area contributed by atoms with Crippen molar-refractivity contribution in [3.05, 3.63) is 24.3 Å². The molecule has 1 N–H and O–H groups in total. The molecule has 1 aromatic rings. The fourth-order valence-corrected chi connectivity index (χ4v) is 2.40. The maximum Gasteiger partial charge on any atom is 0.179 e. The lowest BCUT2D eigenvalue weighted by Crippen LogP contribution is -2.19. The molecule has 0 aliphatic heterocycles. The van der Waals surface area contributed by atoms with Crippen LogP contribution in [0.4, 0.5) is 0 Å². The number of methoxy groups -OCH3 is 1. The minimum atomic E-state index is -3.17. The molecule has 0 bridgehead atoms. The van der Waals surface area contributed by atoms with Crippen LogP contribution in [0.5, 0.6) is 5.75 Å². The number of hydrogen-bond donors (Lipinski definition) is 1. The van der Waals surface area contributed by atoms with Gasteiger partial charge in [0.1, 0.15) is 5.75 Å². The van der Waals surface area contributed by atoms with E-state index in [0.717, 1.165) is 0 Å². The van der Waals surface area contributed by atoms with E-state index in [-0.39, 0.29) is 5.75 Å². The van der Waals surface area contributed by atoms with E-state index in [4.69, 9.17) is 4.74 Å². The number of benzene rings is 1. The van der Waals surface area contributed by atoms with Crippen molar-refractivity contribution in [2.75, 3.05) is 26.5 Å². The summed E-state index contributed by atoms with van der Waals surface area (Å²) in [5.74, 6) is 0.762. The maximum atomic E-state index is 11.7. The van der Waals surface area contributed by atoms with Crippen LogP contribution >= 0.6 is 0 Å². The predicted molar refractivity (Wildman–Crippen MR) is 59.0 cm³/mol. The molecule has 1 aromatic carbocycles. The summed E-state index contributed by atoms with van der Waals surface area (Å²) in [5.41, 5.74) is 0. The summed E-state index contributed by atoms with van der Waals surface area (Å²) in [7, 11) is 0.106. The summed E-state index contributed by atoms with van der Waals surface area (Å²) in [5, 5.41) is 2.81. The first kappa shape index (κ1) is 12.0. The van der Waals surface area contributed by atoms with Gasteiger partial charge in [-0.3, -0.25) is 0 Å². The van der Waals surface area contributed by atoms with Crippen LogP contribution < -0.4 is 10.1 Å². The van der Waals surface area contributed by atoms with Crippen LogP contribution in [0.3, 0.4) is 0 Å². The summed E-state index contributed by atoms with van der Waals surface area (Å²) in [6, 6.07) is 6.41. The molecule has 0 saturated carbocycles. The highest BCUT2D eigenvalue weighted by Gasteiger charge is 2.13. The third-order valence-corrected chi connectivity index (χ3v) is 3.77. The SMILES string of the molecule is CNCCS(=O)(=O)c1ccc(OC)cc1. The second-order valence-corrected chi connectivity index (χ2v) is 5.21. The van der Waals surface area contributed by atoms with Crippen molar-refractivity contribution in [1.29, 1.82) is 0 Å². The number of ether oxygens (including phenoxy) is 1. The average Bonchev–Trinajstić information content (AvgIpc) is 2.26. The van der Waals surface area contributed by atoms with Gasteiger partial charge in [0.25, 0.3) is 0 Å². The fraction of sp³-hybridized carbons (Fsp3) is 0.400. The lowest BCUT2D eigenvalue weighted by atomic mass is 10.3. The highest BCUT2D eigenvalue weighted by molar-refractivity contribution is 7.91. The quantitative estimate of drug-likeness (QED) is 0.807. The molecular weight excluding hydrogens is 214 g/mol.